The van der Waals surface area contributed by atoms with Crippen molar-refractivity contribution in [2.24, 2.45) is 0 Å². The lowest BCUT2D eigenvalue weighted by molar-refractivity contribution is 0.868. The summed E-state index contributed by atoms with van der Waals surface area (Å²) in [6, 6.07) is 46.9. The molecule has 3 aliphatic rings. The third-order valence-corrected chi connectivity index (χ3v) is 9.17. The first-order valence-electron chi connectivity index (χ1n) is 15.1. The van der Waals surface area contributed by atoms with E-state index in [2.05, 4.69) is 158 Å². The van der Waals surface area contributed by atoms with Gasteiger partial charge in [-0.15, -0.1) is 0 Å². The Hall–Kier alpha value is -4.94. The highest BCUT2D eigenvalue weighted by molar-refractivity contribution is 5.93. The molecule has 0 spiro atoms. The number of hydrogen-bond donors (Lipinski definition) is 0. The van der Waals surface area contributed by atoms with Gasteiger partial charge in [0.2, 0.25) is 0 Å². The molecular formula is C42H32. The Labute approximate surface area is 248 Å². The van der Waals surface area contributed by atoms with Crippen molar-refractivity contribution in [3.8, 4) is 22.3 Å². The van der Waals surface area contributed by atoms with E-state index in [1.165, 1.54) is 66.8 Å². The number of fused-ring (bicyclic) bond motifs is 6. The highest BCUT2D eigenvalue weighted by Crippen LogP contribution is 2.50. The van der Waals surface area contributed by atoms with Gasteiger partial charge in [-0.1, -0.05) is 146 Å². The standard InChI is InChI=1S/C42H32/c1-3-12-29(13-4-1)34-25-35(30-14-5-2-6-15-30)27-36(26-34)32-17-11-16-31(24-32)33-22-23-41-39-20-8-7-18-37(39)38-19-9-10-21-40(38)42(41)28-33/h1-20,22-24,26-28,34,40H,21,25H2. The minimum Gasteiger partial charge on any atom is -0.0836 e. The van der Waals surface area contributed by atoms with E-state index >= 15 is 0 Å². The van der Waals surface area contributed by atoms with E-state index in [-0.39, 0.29) is 0 Å². The maximum absolute atomic E-state index is 2.47. The van der Waals surface area contributed by atoms with Crippen LogP contribution in [0.2, 0.25) is 0 Å². The van der Waals surface area contributed by atoms with Gasteiger partial charge in [0.15, 0.2) is 0 Å². The van der Waals surface area contributed by atoms with Gasteiger partial charge in [0.1, 0.15) is 0 Å². The first kappa shape index (κ1) is 24.8. The number of rotatable bonds is 4. The third-order valence-electron chi connectivity index (χ3n) is 9.17. The maximum atomic E-state index is 2.47. The smallest absolute Gasteiger partial charge is 0.0136 e. The summed E-state index contributed by atoms with van der Waals surface area (Å²) in [5.41, 5.74) is 16.2. The summed E-state index contributed by atoms with van der Waals surface area (Å²) in [6.07, 6.45) is 13.8. The summed E-state index contributed by atoms with van der Waals surface area (Å²) in [4.78, 5) is 0. The van der Waals surface area contributed by atoms with Gasteiger partial charge in [0, 0.05) is 11.8 Å². The summed E-state index contributed by atoms with van der Waals surface area (Å²) in [7, 11) is 0. The highest BCUT2D eigenvalue weighted by Gasteiger charge is 2.29. The summed E-state index contributed by atoms with van der Waals surface area (Å²) < 4.78 is 0. The Morgan fingerprint density at radius 1 is 0.548 bits per heavy atom. The zero-order chi connectivity index (χ0) is 27.9. The van der Waals surface area contributed by atoms with Crippen molar-refractivity contribution in [2.75, 3.05) is 0 Å². The third kappa shape index (κ3) is 4.41. The van der Waals surface area contributed by atoms with Crippen LogP contribution < -0.4 is 0 Å². The predicted octanol–water partition coefficient (Wildman–Crippen LogP) is 11.1. The van der Waals surface area contributed by atoms with E-state index in [0.29, 0.717) is 11.8 Å². The van der Waals surface area contributed by atoms with Crippen LogP contribution in [0, 0.1) is 0 Å². The van der Waals surface area contributed by atoms with Crippen molar-refractivity contribution < 1.29 is 0 Å². The van der Waals surface area contributed by atoms with Crippen molar-refractivity contribution in [1.82, 2.24) is 0 Å². The Balaban J connectivity index is 1.21. The predicted molar refractivity (Wildman–Crippen MR) is 178 cm³/mol. The Kier molecular flexibility index (Phi) is 6.19. The molecule has 0 heterocycles. The Morgan fingerprint density at radius 3 is 2.12 bits per heavy atom. The van der Waals surface area contributed by atoms with Crippen LogP contribution in [-0.4, -0.2) is 0 Å². The lowest BCUT2D eigenvalue weighted by Gasteiger charge is -2.32. The van der Waals surface area contributed by atoms with Gasteiger partial charge < -0.3 is 0 Å². The molecule has 5 aromatic rings. The zero-order valence-electron chi connectivity index (χ0n) is 23.6. The van der Waals surface area contributed by atoms with E-state index in [4.69, 9.17) is 0 Å². The first-order chi connectivity index (χ1) is 20.8. The molecular weight excluding hydrogens is 504 g/mol. The Morgan fingerprint density at radius 2 is 1.26 bits per heavy atom. The second-order valence-electron chi connectivity index (χ2n) is 11.6. The SMILES string of the molecule is C1=CCC2C(=C1)c1ccccc1-c1ccc(-c3cccc(C4=CC(c5ccccc5)CC(c5ccccc5)=C4)c3)cc12. The van der Waals surface area contributed by atoms with Crippen LogP contribution in [-0.2, 0) is 0 Å². The van der Waals surface area contributed by atoms with Crippen LogP contribution in [0.1, 0.15) is 52.5 Å². The average Bonchev–Trinajstić information content (AvgIpc) is 3.09. The second-order valence-corrected chi connectivity index (χ2v) is 11.6. The lowest BCUT2D eigenvalue weighted by Crippen LogP contribution is -2.11. The second kappa shape index (κ2) is 10.5. The molecule has 0 bridgehead atoms. The molecule has 2 atom stereocenters. The topological polar surface area (TPSA) is 0 Å². The van der Waals surface area contributed by atoms with E-state index in [0.717, 1.165) is 12.8 Å². The van der Waals surface area contributed by atoms with Crippen LogP contribution in [0.5, 0.6) is 0 Å². The fourth-order valence-electron chi connectivity index (χ4n) is 7.08. The quantitative estimate of drug-likeness (QED) is 0.214. The largest absolute Gasteiger partial charge is 0.0836 e. The summed E-state index contributed by atoms with van der Waals surface area (Å²) in [5.74, 6) is 0.755. The molecule has 0 fully saturated rings. The van der Waals surface area contributed by atoms with Gasteiger partial charge in [0.25, 0.3) is 0 Å². The van der Waals surface area contributed by atoms with Gasteiger partial charge >= 0.3 is 0 Å². The summed E-state index contributed by atoms with van der Waals surface area (Å²) >= 11 is 0. The van der Waals surface area contributed by atoms with E-state index in [1.54, 1.807) is 0 Å². The monoisotopic (exact) mass is 536 g/mol. The highest BCUT2D eigenvalue weighted by atomic mass is 14.3. The average molecular weight is 537 g/mol. The fraction of sp³-hybridized carbons (Fsp3) is 0.0952. The Bertz CT molecular complexity index is 1910. The molecule has 5 aromatic carbocycles. The molecule has 0 N–H and O–H groups in total. The van der Waals surface area contributed by atoms with E-state index in [1.807, 2.05) is 0 Å². The molecule has 0 amide bonds. The molecule has 0 nitrogen and oxygen atoms in total. The summed E-state index contributed by atoms with van der Waals surface area (Å²) in [5, 5.41) is 0. The van der Waals surface area contributed by atoms with E-state index < -0.39 is 0 Å². The molecule has 200 valence electrons. The molecule has 42 heavy (non-hydrogen) atoms. The van der Waals surface area contributed by atoms with Gasteiger partial charge in [-0.05, 0) is 91.8 Å². The molecule has 0 saturated heterocycles. The van der Waals surface area contributed by atoms with Crippen LogP contribution in [0.4, 0.5) is 0 Å². The molecule has 0 aromatic heterocycles. The molecule has 2 unspecified atom stereocenters. The lowest BCUT2D eigenvalue weighted by atomic mass is 9.72. The molecule has 0 aliphatic heterocycles. The van der Waals surface area contributed by atoms with Crippen LogP contribution in [0.25, 0.3) is 39.0 Å². The molecule has 0 heteroatoms. The molecule has 0 radical (unpaired) electrons. The van der Waals surface area contributed by atoms with Crippen LogP contribution in [0.3, 0.4) is 0 Å². The van der Waals surface area contributed by atoms with Gasteiger partial charge in [-0.2, -0.15) is 0 Å². The molecule has 0 saturated carbocycles. The first-order valence-corrected chi connectivity index (χ1v) is 15.1. The van der Waals surface area contributed by atoms with Crippen molar-refractivity contribution >= 4 is 16.7 Å². The zero-order valence-corrected chi connectivity index (χ0v) is 23.6. The van der Waals surface area contributed by atoms with Gasteiger partial charge in [-0.3, -0.25) is 0 Å². The minimum atomic E-state index is 0.346. The van der Waals surface area contributed by atoms with Gasteiger partial charge in [-0.25, -0.2) is 0 Å². The number of benzene rings is 5. The van der Waals surface area contributed by atoms with Gasteiger partial charge in [0.05, 0.1) is 0 Å². The minimum absolute atomic E-state index is 0.346. The van der Waals surface area contributed by atoms with Crippen LogP contribution in [0.15, 0.2) is 158 Å². The maximum Gasteiger partial charge on any atom is 0.0136 e. The fourth-order valence-corrected chi connectivity index (χ4v) is 7.08. The summed E-state index contributed by atoms with van der Waals surface area (Å²) in [6.45, 7) is 0. The van der Waals surface area contributed by atoms with Crippen LogP contribution >= 0.6 is 0 Å². The number of hydrogen-bond acceptors (Lipinski definition) is 0. The van der Waals surface area contributed by atoms with Crippen molar-refractivity contribution in [2.45, 2.75) is 24.7 Å². The van der Waals surface area contributed by atoms with Crippen molar-refractivity contribution in [1.29, 1.82) is 0 Å². The number of allylic oxidation sites excluding steroid dienone is 8. The molecule has 8 rings (SSSR count). The van der Waals surface area contributed by atoms with Crippen molar-refractivity contribution in [3.05, 3.63) is 186 Å². The van der Waals surface area contributed by atoms with Crippen molar-refractivity contribution in [3.63, 3.8) is 0 Å². The van der Waals surface area contributed by atoms with E-state index in [9.17, 15) is 0 Å². The molecule has 3 aliphatic carbocycles. The normalized spacial score (nSPS) is 18.6.